The Bertz CT molecular complexity index is 1050. The van der Waals surface area contributed by atoms with E-state index in [9.17, 15) is 13.2 Å². The summed E-state index contributed by atoms with van der Waals surface area (Å²) in [6, 6.07) is 9.35. The van der Waals surface area contributed by atoms with Crippen molar-refractivity contribution >= 4 is 44.7 Å². The van der Waals surface area contributed by atoms with Gasteiger partial charge in [0.2, 0.25) is 0 Å². The largest absolute Gasteiger partial charge is 0.416 e. The van der Waals surface area contributed by atoms with Crippen LogP contribution in [0.4, 0.5) is 13.2 Å². The van der Waals surface area contributed by atoms with Crippen LogP contribution in [0.2, 0.25) is 10.0 Å². The molecule has 6 heteroatoms. The highest BCUT2D eigenvalue weighted by molar-refractivity contribution is 6.39. The summed E-state index contributed by atoms with van der Waals surface area (Å²) in [4.78, 5) is 2.50. The van der Waals surface area contributed by atoms with Crippen LogP contribution in [0.1, 0.15) is 57.1 Å². The number of hydrogen-bond acceptors (Lipinski definition) is 1. The highest BCUT2D eigenvalue weighted by atomic mass is 35.5. The Hall–Kier alpha value is -1.49. The van der Waals surface area contributed by atoms with Crippen molar-refractivity contribution in [1.82, 2.24) is 4.90 Å². The first-order chi connectivity index (χ1) is 15.2. The van der Waals surface area contributed by atoms with Gasteiger partial charge in [0.15, 0.2) is 0 Å². The molecule has 0 aliphatic heterocycles. The molecule has 0 radical (unpaired) electrons. The summed E-state index contributed by atoms with van der Waals surface area (Å²) in [6.07, 6.45) is 2.02. The van der Waals surface area contributed by atoms with E-state index in [1.165, 1.54) is 37.8 Å². The van der Waals surface area contributed by atoms with Gasteiger partial charge in [-0.25, -0.2) is 0 Å². The summed E-state index contributed by atoms with van der Waals surface area (Å²) in [6.45, 7) is 7.56. The molecular formula is C26H30Cl2F3N. The van der Waals surface area contributed by atoms with E-state index < -0.39 is 11.7 Å². The Morgan fingerprint density at radius 1 is 0.750 bits per heavy atom. The molecule has 0 unspecified atom stereocenters. The number of alkyl halides is 3. The molecule has 0 saturated heterocycles. The third-order valence-electron chi connectivity index (χ3n) is 5.97. The van der Waals surface area contributed by atoms with E-state index in [0.29, 0.717) is 20.8 Å². The summed E-state index contributed by atoms with van der Waals surface area (Å²) in [5, 5.41) is 3.65. The SMILES string of the molecule is CCCCN(CCCC)CCCc1cc2c(Cl)cc(Cl)cc2c2cc(C(F)(F)F)ccc12. The predicted molar refractivity (Wildman–Crippen MR) is 131 cm³/mol. The number of benzene rings is 3. The van der Waals surface area contributed by atoms with Crippen molar-refractivity contribution in [2.75, 3.05) is 19.6 Å². The molecule has 0 aliphatic rings. The summed E-state index contributed by atoms with van der Waals surface area (Å²) in [5.41, 5.74) is 0.362. The molecule has 1 nitrogen and oxygen atoms in total. The number of aryl methyl sites for hydroxylation is 1. The molecule has 3 rings (SSSR count). The van der Waals surface area contributed by atoms with E-state index in [2.05, 4.69) is 18.7 Å². The quantitative estimate of drug-likeness (QED) is 0.259. The van der Waals surface area contributed by atoms with Crippen molar-refractivity contribution in [2.24, 2.45) is 0 Å². The van der Waals surface area contributed by atoms with Crippen LogP contribution in [-0.2, 0) is 12.6 Å². The van der Waals surface area contributed by atoms with Gasteiger partial charge in [-0.15, -0.1) is 0 Å². The third-order valence-corrected chi connectivity index (χ3v) is 6.50. The van der Waals surface area contributed by atoms with Crippen LogP contribution >= 0.6 is 23.2 Å². The lowest BCUT2D eigenvalue weighted by molar-refractivity contribution is -0.137. The maximum Gasteiger partial charge on any atom is 0.416 e. The predicted octanol–water partition coefficient (Wildman–Crippen LogP) is 9.15. The van der Waals surface area contributed by atoms with Crippen molar-refractivity contribution in [1.29, 1.82) is 0 Å². The lowest BCUT2D eigenvalue weighted by atomic mass is 9.93. The lowest BCUT2D eigenvalue weighted by Gasteiger charge is -2.22. The van der Waals surface area contributed by atoms with Gasteiger partial charge in [0, 0.05) is 15.4 Å². The molecular weight excluding hydrogens is 454 g/mol. The average Bonchev–Trinajstić information content (AvgIpc) is 2.74. The van der Waals surface area contributed by atoms with Gasteiger partial charge in [-0.1, -0.05) is 56.0 Å². The Morgan fingerprint density at radius 3 is 2.00 bits per heavy atom. The Morgan fingerprint density at radius 2 is 1.38 bits per heavy atom. The lowest BCUT2D eigenvalue weighted by Crippen LogP contribution is -2.27. The monoisotopic (exact) mass is 483 g/mol. The van der Waals surface area contributed by atoms with Gasteiger partial charge in [0.05, 0.1) is 5.56 Å². The maximum atomic E-state index is 13.4. The number of rotatable bonds is 10. The molecule has 3 aromatic rings. The first kappa shape index (κ1) is 25.1. The summed E-state index contributed by atoms with van der Waals surface area (Å²) >= 11 is 12.6. The molecule has 0 amide bonds. The van der Waals surface area contributed by atoms with Gasteiger partial charge in [-0.05, 0) is 97.4 Å². The Kier molecular flexibility index (Phi) is 8.71. The fraction of sp³-hybridized carbons (Fsp3) is 0.462. The number of nitrogens with zero attached hydrogens (tertiary/aromatic N) is 1. The van der Waals surface area contributed by atoms with Crippen LogP contribution in [0.3, 0.4) is 0 Å². The smallest absolute Gasteiger partial charge is 0.303 e. The molecule has 174 valence electrons. The molecule has 0 atom stereocenters. The number of hydrogen-bond donors (Lipinski definition) is 0. The summed E-state index contributed by atoms with van der Waals surface area (Å²) in [7, 11) is 0. The highest BCUT2D eigenvalue weighted by Gasteiger charge is 2.30. The van der Waals surface area contributed by atoms with Crippen LogP contribution in [0, 0.1) is 0 Å². The van der Waals surface area contributed by atoms with Crippen molar-refractivity contribution in [3.05, 3.63) is 57.6 Å². The van der Waals surface area contributed by atoms with Gasteiger partial charge in [-0.3, -0.25) is 0 Å². The maximum absolute atomic E-state index is 13.4. The van der Waals surface area contributed by atoms with E-state index in [4.69, 9.17) is 23.2 Å². The normalized spacial score (nSPS) is 12.4. The van der Waals surface area contributed by atoms with Crippen molar-refractivity contribution in [3.63, 3.8) is 0 Å². The fourth-order valence-electron chi connectivity index (χ4n) is 4.23. The highest BCUT2D eigenvalue weighted by Crippen LogP contribution is 2.39. The average molecular weight is 484 g/mol. The second-order valence-corrected chi connectivity index (χ2v) is 9.27. The van der Waals surface area contributed by atoms with Crippen LogP contribution in [-0.4, -0.2) is 24.5 Å². The van der Waals surface area contributed by atoms with Crippen molar-refractivity contribution in [2.45, 2.75) is 58.5 Å². The molecule has 0 heterocycles. The van der Waals surface area contributed by atoms with Gasteiger partial charge in [-0.2, -0.15) is 13.2 Å². The molecule has 0 fully saturated rings. The fourth-order valence-corrected chi connectivity index (χ4v) is 4.78. The first-order valence-corrected chi connectivity index (χ1v) is 12.1. The molecule has 0 spiro atoms. The zero-order chi connectivity index (χ0) is 23.3. The minimum absolute atomic E-state index is 0.413. The first-order valence-electron chi connectivity index (χ1n) is 11.4. The second-order valence-electron chi connectivity index (χ2n) is 8.43. The Balaban J connectivity index is 1.97. The van der Waals surface area contributed by atoms with Gasteiger partial charge in [0.1, 0.15) is 0 Å². The van der Waals surface area contributed by atoms with Crippen molar-refractivity contribution in [3.8, 4) is 0 Å². The van der Waals surface area contributed by atoms with E-state index in [1.54, 1.807) is 18.2 Å². The van der Waals surface area contributed by atoms with E-state index in [1.807, 2.05) is 6.07 Å². The Labute approximate surface area is 198 Å². The molecule has 0 aliphatic carbocycles. The van der Waals surface area contributed by atoms with E-state index in [0.717, 1.165) is 48.8 Å². The zero-order valence-electron chi connectivity index (χ0n) is 18.7. The van der Waals surface area contributed by atoms with Crippen LogP contribution in [0.5, 0.6) is 0 Å². The molecule has 32 heavy (non-hydrogen) atoms. The molecule has 0 aromatic heterocycles. The number of halogens is 5. The zero-order valence-corrected chi connectivity index (χ0v) is 20.2. The van der Waals surface area contributed by atoms with Crippen LogP contribution < -0.4 is 0 Å². The van der Waals surface area contributed by atoms with Crippen molar-refractivity contribution < 1.29 is 13.2 Å². The minimum Gasteiger partial charge on any atom is -0.303 e. The topological polar surface area (TPSA) is 3.24 Å². The summed E-state index contributed by atoms with van der Waals surface area (Å²) in [5.74, 6) is 0. The number of unbranched alkanes of at least 4 members (excludes halogenated alkanes) is 2. The summed E-state index contributed by atoms with van der Waals surface area (Å²) < 4.78 is 40.2. The molecule has 0 N–H and O–H groups in total. The minimum atomic E-state index is -4.40. The van der Waals surface area contributed by atoms with E-state index >= 15 is 0 Å². The molecule has 0 saturated carbocycles. The van der Waals surface area contributed by atoms with E-state index in [-0.39, 0.29) is 0 Å². The standard InChI is InChI=1S/C26H30Cl2F3N/c1-3-5-11-32(12-6-4-2)13-7-8-18-14-24-23(16-20(27)17-25(24)28)22-15-19(26(29,30)31)9-10-21(18)22/h9-10,14-17H,3-8,11-13H2,1-2H3. The molecule has 0 bridgehead atoms. The third kappa shape index (κ3) is 6.09. The van der Waals surface area contributed by atoms with Gasteiger partial charge in [0.25, 0.3) is 0 Å². The van der Waals surface area contributed by atoms with Gasteiger partial charge < -0.3 is 4.90 Å². The second kappa shape index (κ2) is 11.1. The van der Waals surface area contributed by atoms with Gasteiger partial charge >= 0.3 is 6.18 Å². The number of fused-ring (bicyclic) bond motifs is 3. The van der Waals surface area contributed by atoms with Crippen LogP contribution in [0.15, 0.2) is 36.4 Å². The molecule has 3 aromatic carbocycles. The van der Waals surface area contributed by atoms with Crippen LogP contribution in [0.25, 0.3) is 21.5 Å².